The Balaban J connectivity index is 1.43. The van der Waals surface area contributed by atoms with Crippen molar-refractivity contribution in [3.05, 3.63) is 29.3 Å². The van der Waals surface area contributed by atoms with Crippen LogP contribution in [0.1, 0.15) is 30.7 Å². The lowest BCUT2D eigenvalue weighted by Crippen LogP contribution is -2.51. The zero-order valence-electron chi connectivity index (χ0n) is 16.5. The number of thiazole rings is 1. The van der Waals surface area contributed by atoms with E-state index in [-0.39, 0.29) is 18.6 Å². The lowest BCUT2D eigenvalue weighted by molar-refractivity contribution is 0.000573. The van der Waals surface area contributed by atoms with Crippen LogP contribution in [0.2, 0.25) is 0 Å². The van der Waals surface area contributed by atoms with Crippen LogP contribution in [0.4, 0.5) is 0 Å². The van der Waals surface area contributed by atoms with Crippen LogP contribution < -0.4 is 16.0 Å². The lowest BCUT2D eigenvalue weighted by atomic mass is 9.93. The summed E-state index contributed by atoms with van der Waals surface area (Å²) in [6, 6.07) is 2.00. The highest BCUT2D eigenvalue weighted by Crippen LogP contribution is 2.31. The number of aliphatic imine (C=N–C) groups is 1. The Bertz CT molecular complexity index is 955. The highest BCUT2D eigenvalue weighted by atomic mass is 32.1. The average Bonchev–Trinajstić information content (AvgIpc) is 3.27. The Morgan fingerprint density at radius 3 is 2.77 bits per heavy atom. The minimum atomic E-state index is -0.959. The lowest BCUT2D eigenvalue weighted by Gasteiger charge is -2.32. The van der Waals surface area contributed by atoms with E-state index in [0.717, 1.165) is 39.5 Å². The van der Waals surface area contributed by atoms with Crippen molar-refractivity contribution in [2.75, 3.05) is 13.2 Å². The molecule has 2 aliphatic carbocycles. The minimum Gasteiger partial charge on any atom is -0.396 e. The first-order chi connectivity index (χ1) is 14.6. The van der Waals surface area contributed by atoms with E-state index >= 15 is 0 Å². The zero-order valence-corrected chi connectivity index (χ0v) is 17.3. The molecule has 0 amide bonds. The molecule has 0 radical (unpaired) electrons. The van der Waals surface area contributed by atoms with Crippen molar-refractivity contribution >= 4 is 33.1 Å². The van der Waals surface area contributed by atoms with Crippen LogP contribution in [0.3, 0.4) is 0 Å². The molecule has 160 valence electrons. The quantitative estimate of drug-likeness (QED) is 0.395. The monoisotopic (exact) mass is 430 g/mol. The number of pyridine rings is 1. The molecule has 10 heteroatoms. The van der Waals surface area contributed by atoms with Crippen molar-refractivity contribution in [2.24, 2.45) is 10.9 Å². The van der Waals surface area contributed by atoms with Crippen molar-refractivity contribution in [3.63, 3.8) is 0 Å². The van der Waals surface area contributed by atoms with Gasteiger partial charge in [0.2, 0.25) is 0 Å². The fourth-order valence-corrected chi connectivity index (χ4v) is 5.11. The molecule has 3 heterocycles. The number of fused-ring (bicyclic) bond motifs is 1. The maximum atomic E-state index is 10.5. The van der Waals surface area contributed by atoms with Gasteiger partial charge >= 0.3 is 0 Å². The van der Waals surface area contributed by atoms with Gasteiger partial charge in [-0.15, -0.1) is 11.3 Å². The molecule has 0 saturated heterocycles. The number of aromatic nitrogens is 2. The van der Waals surface area contributed by atoms with Crippen LogP contribution in [0, 0.1) is 5.92 Å². The second-order valence-corrected chi connectivity index (χ2v) is 9.22. The summed E-state index contributed by atoms with van der Waals surface area (Å²) in [4.78, 5) is 13.5. The molecule has 1 unspecified atom stereocenters. The van der Waals surface area contributed by atoms with Gasteiger partial charge in [-0.3, -0.25) is 4.98 Å². The van der Waals surface area contributed by atoms with Crippen molar-refractivity contribution < 1.29 is 15.3 Å². The summed E-state index contributed by atoms with van der Waals surface area (Å²) in [5, 5.41) is 41.2. The molecular formula is C20H26N6O3S. The van der Waals surface area contributed by atoms with Gasteiger partial charge < -0.3 is 31.3 Å². The summed E-state index contributed by atoms with van der Waals surface area (Å²) in [5.41, 5.74) is 1.74. The molecule has 2 saturated carbocycles. The largest absolute Gasteiger partial charge is 0.396 e. The van der Waals surface area contributed by atoms with E-state index in [2.05, 4.69) is 25.9 Å². The number of guanidine groups is 1. The third-order valence-electron chi connectivity index (χ3n) is 6.20. The Labute approximate surface area is 178 Å². The van der Waals surface area contributed by atoms with E-state index < -0.39 is 12.2 Å². The van der Waals surface area contributed by atoms with Crippen LogP contribution in [0.5, 0.6) is 0 Å². The molecule has 4 atom stereocenters. The maximum Gasteiger partial charge on any atom is 0.197 e. The van der Waals surface area contributed by atoms with Gasteiger partial charge in [0.25, 0.3) is 0 Å². The number of hydrogen-bond acceptors (Lipinski definition) is 10. The van der Waals surface area contributed by atoms with Crippen LogP contribution in [-0.2, 0) is 0 Å². The van der Waals surface area contributed by atoms with Crippen molar-refractivity contribution in [1.82, 2.24) is 25.9 Å². The molecule has 0 spiro atoms. The van der Waals surface area contributed by atoms with Crippen LogP contribution in [-0.4, -0.2) is 68.7 Å². The van der Waals surface area contributed by atoms with E-state index in [4.69, 9.17) is 4.98 Å². The van der Waals surface area contributed by atoms with Gasteiger partial charge in [-0.25, -0.2) is 9.98 Å². The molecule has 0 aromatic carbocycles. The molecule has 6 N–H and O–H groups in total. The molecule has 2 aromatic heterocycles. The first-order valence-electron chi connectivity index (χ1n) is 10.4. The molecule has 30 heavy (non-hydrogen) atoms. The van der Waals surface area contributed by atoms with E-state index in [1.807, 2.05) is 6.07 Å². The zero-order chi connectivity index (χ0) is 20.7. The topological polar surface area (TPSA) is 135 Å². The summed E-state index contributed by atoms with van der Waals surface area (Å²) in [5.74, 6) is 1.09. The second-order valence-electron chi connectivity index (χ2n) is 8.19. The average molecular weight is 431 g/mol. The normalized spacial score (nSPS) is 29.5. The molecule has 2 fully saturated rings. The number of nitrogens with one attached hydrogen (secondary N) is 3. The summed E-state index contributed by atoms with van der Waals surface area (Å²) in [6.07, 6.45) is 5.56. The summed E-state index contributed by atoms with van der Waals surface area (Å²) in [6.45, 7) is 0.295. The Kier molecular flexibility index (Phi) is 5.32. The predicted molar refractivity (Wildman–Crippen MR) is 115 cm³/mol. The second kappa shape index (κ2) is 8.10. The molecule has 2 aromatic rings. The first kappa shape index (κ1) is 19.7. The third kappa shape index (κ3) is 3.64. The molecule has 0 bridgehead atoms. The van der Waals surface area contributed by atoms with Crippen LogP contribution in [0.15, 0.2) is 29.3 Å². The SMILES string of the molecule is OC[C@H]1CC(NC2=C(c3nc4cnccc4s3)CN=C(NC3CCC3)N2)[C@H](O)[C@@H]1O. The maximum absolute atomic E-state index is 10.5. The van der Waals surface area contributed by atoms with Crippen LogP contribution in [0.25, 0.3) is 15.8 Å². The fourth-order valence-electron chi connectivity index (χ4n) is 4.14. The van der Waals surface area contributed by atoms with Crippen molar-refractivity contribution in [2.45, 2.75) is 50.0 Å². The number of aliphatic hydroxyl groups excluding tert-OH is 3. The van der Waals surface area contributed by atoms with Crippen molar-refractivity contribution in [3.8, 4) is 0 Å². The number of nitrogens with zero attached hydrogens (tertiary/aromatic N) is 3. The minimum absolute atomic E-state index is 0.156. The van der Waals surface area contributed by atoms with Crippen molar-refractivity contribution in [1.29, 1.82) is 0 Å². The Morgan fingerprint density at radius 2 is 2.07 bits per heavy atom. The fraction of sp³-hybridized carbons (Fsp3) is 0.550. The smallest absolute Gasteiger partial charge is 0.197 e. The van der Waals surface area contributed by atoms with Gasteiger partial charge in [0.05, 0.1) is 29.6 Å². The van der Waals surface area contributed by atoms with Gasteiger partial charge in [-0.1, -0.05) is 0 Å². The van der Waals surface area contributed by atoms with E-state index in [0.29, 0.717) is 25.0 Å². The number of rotatable bonds is 5. The number of aliphatic hydroxyl groups is 3. The highest BCUT2D eigenvalue weighted by molar-refractivity contribution is 7.19. The summed E-state index contributed by atoms with van der Waals surface area (Å²) < 4.78 is 1.05. The standard InChI is InChI=1S/C20H26N6O3S/c27-9-10-6-13(17(29)16(10)28)24-18-12(7-22-20(26-18)23-11-2-1-3-11)19-25-14-8-21-5-4-15(14)30-19/h4-5,8,10-11,13,16-17,24,27-29H,1-3,6-7,9H2,(H2,22,23,26)/t10-,13?,16-,17+/m1/s1. The van der Waals surface area contributed by atoms with E-state index in [9.17, 15) is 15.3 Å². The van der Waals surface area contributed by atoms with Gasteiger partial charge in [0, 0.05) is 30.3 Å². The van der Waals surface area contributed by atoms with Gasteiger partial charge in [0.1, 0.15) is 22.4 Å². The Morgan fingerprint density at radius 1 is 1.20 bits per heavy atom. The third-order valence-corrected chi connectivity index (χ3v) is 7.30. The molecule has 3 aliphatic rings. The molecular weight excluding hydrogens is 404 g/mol. The Hall–Kier alpha value is -2.27. The van der Waals surface area contributed by atoms with Gasteiger partial charge in [-0.05, 0) is 31.7 Å². The first-order valence-corrected chi connectivity index (χ1v) is 11.2. The van der Waals surface area contributed by atoms with E-state index in [1.54, 1.807) is 23.7 Å². The van der Waals surface area contributed by atoms with Gasteiger partial charge in [0.15, 0.2) is 5.96 Å². The predicted octanol–water partition coefficient (Wildman–Crippen LogP) is 0.153. The summed E-state index contributed by atoms with van der Waals surface area (Å²) >= 11 is 1.57. The van der Waals surface area contributed by atoms with E-state index in [1.165, 1.54) is 6.42 Å². The molecule has 1 aliphatic heterocycles. The van der Waals surface area contributed by atoms with Gasteiger partial charge in [-0.2, -0.15) is 0 Å². The molecule has 5 rings (SSSR count). The highest BCUT2D eigenvalue weighted by Gasteiger charge is 2.42. The number of hydrogen-bond donors (Lipinski definition) is 6. The molecule has 9 nitrogen and oxygen atoms in total. The summed E-state index contributed by atoms with van der Waals surface area (Å²) in [7, 11) is 0. The van der Waals surface area contributed by atoms with Crippen LogP contribution >= 0.6 is 11.3 Å².